The summed E-state index contributed by atoms with van der Waals surface area (Å²) in [5.74, 6) is 1.54. The lowest BCUT2D eigenvalue weighted by Gasteiger charge is -2.22. The Morgan fingerprint density at radius 1 is 1.07 bits per heavy atom. The van der Waals surface area contributed by atoms with Gasteiger partial charge in [-0.1, -0.05) is 43.5 Å². The molecule has 1 fully saturated rings. The third-order valence-electron chi connectivity index (χ3n) is 5.83. The second kappa shape index (κ2) is 7.55. The smallest absolute Gasteiger partial charge is 0.244 e. The second-order valence-electron chi connectivity index (χ2n) is 7.68. The first-order valence-corrected chi connectivity index (χ1v) is 9.94. The Morgan fingerprint density at radius 3 is 2.67 bits per heavy atom. The van der Waals surface area contributed by atoms with Gasteiger partial charge in [0, 0.05) is 11.6 Å². The van der Waals surface area contributed by atoms with Gasteiger partial charge in [-0.2, -0.15) is 0 Å². The SMILES string of the molecule is Cc1cccc(NC(=O)Cn2c(C3CCCCC3)nc3ccccc32)c1C. The molecular weight excluding hydrogens is 334 g/mol. The Bertz CT molecular complexity index is 967. The van der Waals surface area contributed by atoms with Crippen molar-refractivity contribution in [3.8, 4) is 0 Å². The molecule has 4 rings (SSSR count). The van der Waals surface area contributed by atoms with Gasteiger partial charge >= 0.3 is 0 Å². The number of amides is 1. The minimum atomic E-state index is 0.00362. The normalized spacial score (nSPS) is 15.2. The number of hydrogen-bond donors (Lipinski definition) is 1. The Labute approximate surface area is 160 Å². The highest BCUT2D eigenvalue weighted by Gasteiger charge is 2.23. The van der Waals surface area contributed by atoms with Crippen molar-refractivity contribution in [1.29, 1.82) is 0 Å². The third kappa shape index (κ3) is 3.61. The lowest BCUT2D eigenvalue weighted by atomic mass is 9.88. The van der Waals surface area contributed by atoms with E-state index < -0.39 is 0 Å². The van der Waals surface area contributed by atoms with E-state index in [1.165, 1.54) is 37.7 Å². The molecule has 1 saturated carbocycles. The molecule has 0 atom stereocenters. The minimum Gasteiger partial charge on any atom is -0.324 e. The molecular formula is C23H27N3O. The van der Waals surface area contributed by atoms with Crippen LogP contribution in [-0.2, 0) is 11.3 Å². The molecule has 0 saturated heterocycles. The molecule has 4 nitrogen and oxygen atoms in total. The third-order valence-corrected chi connectivity index (χ3v) is 5.83. The number of hydrogen-bond acceptors (Lipinski definition) is 2. The Balaban J connectivity index is 1.64. The first-order chi connectivity index (χ1) is 13.1. The lowest BCUT2D eigenvalue weighted by Crippen LogP contribution is -2.22. The molecule has 0 bridgehead atoms. The first-order valence-electron chi connectivity index (χ1n) is 9.94. The van der Waals surface area contributed by atoms with Crippen molar-refractivity contribution >= 4 is 22.6 Å². The van der Waals surface area contributed by atoms with E-state index in [1.54, 1.807) is 0 Å². The highest BCUT2D eigenvalue weighted by atomic mass is 16.1. The molecule has 0 radical (unpaired) electrons. The van der Waals surface area contributed by atoms with Crippen molar-refractivity contribution in [3.63, 3.8) is 0 Å². The zero-order chi connectivity index (χ0) is 18.8. The number of benzene rings is 2. The van der Waals surface area contributed by atoms with Crippen LogP contribution in [0.3, 0.4) is 0 Å². The fraction of sp³-hybridized carbons (Fsp3) is 0.391. The van der Waals surface area contributed by atoms with Gasteiger partial charge < -0.3 is 9.88 Å². The Hall–Kier alpha value is -2.62. The van der Waals surface area contributed by atoms with E-state index in [9.17, 15) is 4.79 Å². The number of para-hydroxylation sites is 2. The number of rotatable bonds is 4. The molecule has 1 aliphatic carbocycles. The maximum atomic E-state index is 12.9. The van der Waals surface area contributed by atoms with Gasteiger partial charge in [0.2, 0.25) is 5.91 Å². The fourth-order valence-electron chi connectivity index (χ4n) is 4.15. The van der Waals surface area contributed by atoms with E-state index in [0.29, 0.717) is 12.5 Å². The summed E-state index contributed by atoms with van der Waals surface area (Å²) < 4.78 is 2.13. The van der Waals surface area contributed by atoms with Crippen molar-refractivity contribution in [2.24, 2.45) is 0 Å². The number of aromatic nitrogens is 2. The first kappa shape index (κ1) is 17.8. The maximum Gasteiger partial charge on any atom is 0.244 e. The van der Waals surface area contributed by atoms with E-state index in [2.05, 4.69) is 28.9 Å². The zero-order valence-corrected chi connectivity index (χ0v) is 16.2. The van der Waals surface area contributed by atoms with Crippen molar-refractivity contribution in [2.45, 2.75) is 58.4 Å². The predicted octanol–water partition coefficient (Wildman–Crippen LogP) is 5.34. The molecule has 0 unspecified atom stereocenters. The topological polar surface area (TPSA) is 46.9 Å². The number of nitrogens with zero attached hydrogens (tertiary/aromatic N) is 2. The van der Waals surface area contributed by atoms with Crippen molar-refractivity contribution < 1.29 is 4.79 Å². The van der Waals surface area contributed by atoms with Gasteiger partial charge in [-0.25, -0.2) is 4.98 Å². The van der Waals surface area contributed by atoms with Gasteiger partial charge in [0.25, 0.3) is 0 Å². The molecule has 1 amide bonds. The van der Waals surface area contributed by atoms with Crippen LogP contribution in [0.5, 0.6) is 0 Å². The van der Waals surface area contributed by atoms with Gasteiger partial charge in [0.1, 0.15) is 12.4 Å². The number of anilines is 1. The van der Waals surface area contributed by atoms with E-state index in [0.717, 1.165) is 28.1 Å². The summed E-state index contributed by atoms with van der Waals surface area (Å²) in [7, 11) is 0. The zero-order valence-electron chi connectivity index (χ0n) is 16.2. The highest BCUT2D eigenvalue weighted by molar-refractivity contribution is 5.92. The second-order valence-corrected chi connectivity index (χ2v) is 7.68. The summed E-state index contributed by atoms with van der Waals surface area (Å²) in [4.78, 5) is 17.8. The fourth-order valence-corrected chi connectivity index (χ4v) is 4.15. The van der Waals surface area contributed by atoms with Crippen molar-refractivity contribution in [2.75, 3.05) is 5.32 Å². The molecule has 0 aliphatic heterocycles. The quantitative estimate of drug-likeness (QED) is 0.682. The minimum absolute atomic E-state index is 0.00362. The van der Waals surface area contributed by atoms with Crippen molar-refractivity contribution in [3.05, 3.63) is 59.4 Å². The van der Waals surface area contributed by atoms with Crippen LogP contribution in [0.1, 0.15) is 55.0 Å². The summed E-state index contributed by atoms with van der Waals surface area (Å²) in [5, 5.41) is 3.10. The summed E-state index contributed by atoms with van der Waals surface area (Å²) in [6.45, 7) is 4.42. The monoisotopic (exact) mass is 361 g/mol. The number of aryl methyl sites for hydroxylation is 1. The standard InChI is InChI=1S/C23H27N3O/c1-16-9-8-13-19(17(16)2)24-22(27)15-26-21-14-7-6-12-20(21)25-23(26)18-10-4-3-5-11-18/h6-9,12-14,18H,3-5,10-11,15H2,1-2H3,(H,24,27). The van der Waals surface area contributed by atoms with Crippen LogP contribution in [0.15, 0.2) is 42.5 Å². The average Bonchev–Trinajstić information content (AvgIpc) is 3.05. The van der Waals surface area contributed by atoms with Crippen LogP contribution >= 0.6 is 0 Å². The van der Waals surface area contributed by atoms with Crippen molar-refractivity contribution in [1.82, 2.24) is 9.55 Å². The van der Waals surface area contributed by atoms with Gasteiger partial charge in [0.05, 0.1) is 11.0 Å². The number of nitrogens with one attached hydrogen (secondary N) is 1. The Morgan fingerprint density at radius 2 is 1.85 bits per heavy atom. The molecule has 1 aliphatic rings. The molecule has 1 aromatic heterocycles. The molecule has 0 spiro atoms. The van der Waals surface area contributed by atoms with Gasteiger partial charge in [-0.05, 0) is 56.0 Å². The molecule has 1 heterocycles. The van der Waals surface area contributed by atoms with Gasteiger partial charge in [0.15, 0.2) is 0 Å². The predicted molar refractivity (Wildman–Crippen MR) is 110 cm³/mol. The van der Waals surface area contributed by atoms with E-state index in [1.807, 2.05) is 37.3 Å². The number of fused-ring (bicyclic) bond motifs is 1. The number of imidazole rings is 1. The van der Waals surface area contributed by atoms with Crippen LogP contribution < -0.4 is 5.32 Å². The number of carbonyl (C=O) groups is 1. The molecule has 140 valence electrons. The Kier molecular flexibility index (Phi) is 4.97. The van der Waals surface area contributed by atoms with E-state index >= 15 is 0 Å². The van der Waals surface area contributed by atoms with Gasteiger partial charge in [-0.3, -0.25) is 4.79 Å². The number of carbonyl (C=O) groups excluding carboxylic acids is 1. The van der Waals surface area contributed by atoms with Crippen LogP contribution in [-0.4, -0.2) is 15.5 Å². The lowest BCUT2D eigenvalue weighted by molar-refractivity contribution is -0.116. The van der Waals surface area contributed by atoms with Gasteiger partial charge in [-0.15, -0.1) is 0 Å². The summed E-state index contributed by atoms with van der Waals surface area (Å²) in [6, 6.07) is 14.2. The average molecular weight is 361 g/mol. The summed E-state index contributed by atoms with van der Waals surface area (Å²) >= 11 is 0. The maximum absolute atomic E-state index is 12.9. The van der Waals surface area contributed by atoms with Crippen LogP contribution in [0.2, 0.25) is 0 Å². The van der Waals surface area contributed by atoms with E-state index in [4.69, 9.17) is 4.98 Å². The highest BCUT2D eigenvalue weighted by Crippen LogP contribution is 2.34. The van der Waals surface area contributed by atoms with Crippen LogP contribution in [0.25, 0.3) is 11.0 Å². The molecule has 27 heavy (non-hydrogen) atoms. The molecule has 2 aromatic carbocycles. The van der Waals surface area contributed by atoms with Crippen LogP contribution in [0, 0.1) is 13.8 Å². The van der Waals surface area contributed by atoms with E-state index in [-0.39, 0.29) is 5.91 Å². The molecule has 4 heteroatoms. The largest absolute Gasteiger partial charge is 0.324 e. The molecule has 1 N–H and O–H groups in total. The molecule has 3 aromatic rings. The van der Waals surface area contributed by atoms with Crippen LogP contribution in [0.4, 0.5) is 5.69 Å². The summed E-state index contributed by atoms with van der Waals surface area (Å²) in [6.07, 6.45) is 6.15. The summed E-state index contributed by atoms with van der Waals surface area (Å²) in [5.41, 5.74) is 5.23.